The van der Waals surface area contributed by atoms with E-state index in [2.05, 4.69) is 35.7 Å². The Morgan fingerprint density at radius 3 is 2.29 bits per heavy atom. The Labute approximate surface area is 179 Å². The topological polar surface area (TPSA) is 82.4 Å². The number of carbonyl (C=O) groups is 1. The molecule has 0 unspecified atom stereocenters. The fourth-order valence-corrected chi connectivity index (χ4v) is 4.29. The third-order valence-electron chi connectivity index (χ3n) is 5.70. The summed E-state index contributed by atoms with van der Waals surface area (Å²) in [6.07, 6.45) is -0.587. The van der Waals surface area contributed by atoms with Crippen molar-refractivity contribution in [2.75, 3.05) is 11.9 Å². The fourth-order valence-electron chi connectivity index (χ4n) is 4.29. The third kappa shape index (κ3) is 3.24. The van der Waals surface area contributed by atoms with Gasteiger partial charge in [-0.1, -0.05) is 48.5 Å². The van der Waals surface area contributed by atoms with Crippen molar-refractivity contribution in [2.45, 2.75) is 5.92 Å². The summed E-state index contributed by atoms with van der Waals surface area (Å²) >= 11 is 0. The molecule has 0 aliphatic heterocycles. The first kappa shape index (κ1) is 18.7. The second-order valence-corrected chi connectivity index (χ2v) is 7.45. The molecule has 31 heavy (non-hydrogen) atoms. The minimum Gasteiger partial charge on any atom is -0.508 e. The lowest BCUT2D eigenvalue weighted by atomic mass is 9.98. The highest BCUT2D eigenvalue weighted by Gasteiger charge is 2.29. The van der Waals surface area contributed by atoms with E-state index in [1.165, 1.54) is 23.3 Å². The Morgan fingerprint density at radius 1 is 0.935 bits per heavy atom. The molecule has 0 saturated heterocycles. The lowest BCUT2D eigenvalue weighted by molar-refractivity contribution is 0.158. The van der Waals surface area contributed by atoms with Gasteiger partial charge < -0.3 is 9.84 Å². The highest BCUT2D eigenvalue weighted by atomic mass is 16.5. The zero-order chi connectivity index (χ0) is 21.4. The van der Waals surface area contributed by atoms with E-state index in [1.54, 1.807) is 18.2 Å². The van der Waals surface area contributed by atoms with Crippen molar-refractivity contribution in [1.82, 2.24) is 0 Å². The van der Waals surface area contributed by atoms with Gasteiger partial charge in [0.15, 0.2) is 0 Å². The molecule has 150 valence electrons. The Morgan fingerprint density at radius 2 is 1.61 bits per heavy atom. The van der Waals surface area contributed by atoms with Gasteiger partial charge in [-0.3, -0.25) is 5.32 Å². The van der Waals surface area contributed by atoms with E-state index in [0.29, 0.717) is 22.0 Å². The molecule has 0 bridgehead atoms. The number of amides is 1. The number of benzene rings is 4. The molecular weight excluding hydrogens is 388 g/mol. The van der Waals surface area contributed by atoms with E-state index in [9.17, 15) is 15.2 Å². The number of carbonyl (C=O) groups excluding carboxylic acids is 1. The molecule has 0 atom stereocenters. The molecule has 5 heteroatoms. The quantitative estimate of drug-likeness (QED) is 0.452. The number of hydrogen-bond donors (Lipinski definition) is 2. The van der Waals surface area contributed by atoms with Crippen molar-refractivity contribution >= 4 is 22.6 Å². The number of hydrogen-bond acceptors (Lipinski definition) is 4. The van der Waals surface area contributed by atoms with Gasteiger partial charge in [-0.15, -0.1) is 0 Å². The zero-order valence-corrected chi connectivity index (χ0v) is 16.5. The molecule has 1 amide bonds. The number of nitriles is 1. The Bertz CT molecular complexity index is 1330. The number of ether oxygens (including phenoxy) is 1. The highest BCUT2D eigenvalue weighted by Crippen LogP contribution is 2.44. The Kier molecular flexibility index (Phi) is 4.53. The van der Waals surface area contributed by atoms with Crippen LogP contribution in [-0.4, -0.2) is 17.8 Å². The molecule has 0 radical (unpaired) electrons. The van der Waals surface area contributed by atoms with Crippen LogP contribution in [0, 0.1) is 11.3 Å². The van der Waals surface area contributed by atoms with Crippen LogP contribution in [0.15, 0.2) is 78.9 Å². The number of fused-ring (bicyclic) bond motifs is 4. The highest BCUT2D eigenvalue weighted by molar-refractivity contribution is 6.03. The lowest BCUT2D eigenvalue weighted by Crippen LogP contribution is -2.18. The van der Waals surface area contributed by atoms with Crippen molar-refractivity contribution in [1.29, 1.82) is 5.26 Å². The maximum absolute atomic E-state index is 12.6. The molecule has 0 heterocycles. The number of rotatable bonds is 3. The van der Waals surface area contributed by atoms with Crippen LogP contribution in [-0.2, 0) is 4.74 Å². The van der Waals surface area contributed by atoms with Crippen LogP contribution in [0.2, 0.25) is 0 Å². The van der Waals surface area contributed by atoms with Gasteiger partial charge in [-0.25, -0.2) is 4.79 Å². The summed E-state index contributed by atoms with van der Waals surface area (Å²) in [5, 5.41) is 23.2. The van der Waals surface area contributed by atoms with Gasteiger partial charge in [-0.05, 0) is 52.6 Å². The van der Waals surface area contributed by atoms with Crippen molar-refractivity contribution in [3.63, 3.8) is 0 Å². The maximum Gasteiger partial charge on any atom is 0.411 e. The van der Waals surface area contributed by atoms with E-state index < -0.39 is 6.09 Å². The number of aromatic hydroxyl groups is 1. The molecule has 0 aromatic heterocycles. The number of anilines is 1. The second kappa shape index (κ2) is 7.51. The molecule has 4 aromatic rings. The summed E-state index contributed by atoms with van der Waals surface area (Å²) in [6, 6.07) is 26.4. The molecule has 0 saturated carbocycles. The first-order valence-corrected chi connectivity index (χ1v) is 9.93. The van der Waals surface area contributed by atoms with Crippen molar-refractivity contribution in [3.05, 3.63) is 95.6 Å². The van der Waals surface area contributed by atoms with Crippen molar-refractivity contribution < 1.29 is 14.6 Å². The van der Waals surface area contributed by atoms with Gasteiger partial charge in [0.1, 0.15) is 12.4 Å². The average Bonchev–Trinajstić information content (AvgIpc) is 3.12. The monoisotopic (exact) mass is 406 g/mol. The van der Waals surface area contributed by atoms with Gasteiger partial charge in [0.05, 0.1) is 17.3 Å². The van der Waals surface area contributed by atoms with E-state index in [0.717, 1.165) is 11.1 Å². The lowest BCUT2D eigenvalue weighted by Gasteiger charge is -2.15. The van der Waals surface area contributed by atoms with Crippen LogP contribution in [0.5, 0.6) is 5.75 Å². The largest absolute Gasteiger partial charge is 0.508 e. The summed E-state index contributed by atoms with van der Waals surface area (Å²) < 4.78 is 5.60. The van der Waals surface area contributed by atoms with E-state index in [-0.39, 0.29) is 18.3 Å². The standard InChI is InChI=1S/C26H18N2O3/c27-14-16-9-12-25(23-13-17(29)10-11-18(16)23)28-26(30)31-15-24-21-7-3-1-5-19(21)20-6-2-4-8-22(20)24/h1-13,24,29H,15H2,(H,28,30). The number of nitrogens with one attached hydrogen (secondary N) is 1. The maximum atomic E-state index is 12.6. The van der Waals surface area contributed by atoms with E-state index in [1.807, 2.05) is 24.3 Å². The molecule has 4 aromatic carbocycles. The minimum atomic E-state index is -0.587. The first-order valence-electron chi connectivity index (χ1n) is 9.93. The third-order valence-corrected chi connectivity index (χ3v) is 5.70. The molecule has 5 rings (SSSR count). The Hall–Kier alpha value is -4.30. The van der Waals surface area contributed by atoms with Gasteiger partial charge in [0, 0.05) is 16.7 Å². The molecule has 5 nitrogen and oxygen atoms in total. The van der Waals surface area contributed by atoms with Crippen molar-refractivity contribution in [3.8, 4) is 22.9 Å². The van der Waals surface area contributed by atoms with Gasteiger partial charge in [0.25, 0.3) is 0 Å². The normalized spacial score (nSPS) is 12.1. The van der Waals surface area contributed by atoms with Gasteiger partial charge in [-0.2, -0.15) is 5.26 Å². The predicted molar refractivity (Wildman–Crippen MR) is 119 cm³/mol. The van der Waals surface area contributed by atoms with Crippen LogP contribution in [0.25, 0.3) is 21.9 Å². The smallest absolute Gasteiger partial charge is 0.411 e. The molecule has 1 aliphatic rings. The molecular formula is C26H18N2O3. The minimum absolute atomic E-state index is 0.0279. The molecule has 1 aliphatic carbocycles. The predicted octanol–water partition coefficient (Wildman–Crippen LogP) is 5.78. The SMILES string of the molecule is N#Cc1ccc(NC(=O)OCC2c3ccccc3-c3ccccc32)c2cc(O)ccc12. The fraction of sp³-hybridized carbons (Fsp3) is 0.0769. The van der Waals surface area contributed by atoms with Crippen molar-refractivity contribution in [2.24, 2.45) is 0 Å². The Balaban J connectivity index is 1.38. The number of phenols is 1. The first-order chi connectivity index (χ1) is 15.2. The summed E-state index contributed by atoms with van der Waals surface area (Å²) in [5.74, 6) is 0.0260. The summed E-state index contributed by atoms with van der Waals surface area (Å²) in [4.78, 5) is 12.6. The van der Waals surface area contributed by atoms with E-state index >= 15 is 0 Å². The van der Waals surface area contributed by atoms with Crippen LogP contribution < -0.4 is 5.32 Å². The average molecular weight is 406 g/mol. The summed E-state index contributed by atoms with van der Waals surface area (Å²) in [5.41, 5.74) is 5.56. The zero-order valence-electron chi connectivity index (χ0n) is 16.5. The molecule has 0 fully saturated rings. The van der Waals surface area contributed by atoms with Gasteiger partial charge >= 0.3 is 6.09 Å². The molecule has 0 spiro atoms. The summed E-state index contributed by atoms with van der Waals surface area (Å²) in [6.45, 7) is 0.208. The van der Waals surface area contributed by atoms with Crippen LogP contribution in [0.1, 0.15) is 22.6 Å². The molecule has 2 N–H and O–H groups in total. The van der Waals surface area contributed by atoms with Crippen LogP contribution in [0.3, 0.4) is 0 Å². The summed E-state index contributed by atoms with van der Waals surface area (Å²) in [7, 11) is 0. The number of nitrogens with zero attached hydrogens (tertiary/aromatic N) is 1. The second-order valence-electron chi connectivity index (χ2n) is 7.45. The number of phenolic OH excluding ortho intramolecular Hbond substituents is 1. The van der Waals surface area contributed by atoms with E-state index in [4.69, 9.17) is 4.74 Å². The van der Waals surface area contributed by atoms with Gasteiger partial charge in [0.2, 0.25) is 0 Å². The van der Waals surface area contributed by atoms with Crippen LogP contribution >= 0.6 is 0 Å². The van der Waals surface area contributed by atoms with Crippen LogP contribution in [0.4, 0.5) is 10.5 Å².